The van der Waals surface area contributed by atoms with Gasteiger partial charge in [-0.2, -0.15) is 0 Å². The first-order chi connectivity index (χ1) is 7.65. The summed E-state index contributed by atoms with van der Waals surface area (Å²) in [6.45, 7) is 0. The summed E-state index contributed by atoms with van der Waals surface area (Å²) in [5.41, 5.74) is -0.735. The minimum Gasteiger partial charge on any atom is -0.490 e. The Morgan fingerprint density at radius 2 is 2.12 bits per heavy atom. The Morgan fingerprint density at radius 3 is 2.75 bits per heavy atom. The zero-order valence-electron chi connectivity index (χ0n) is 8.30. The van der Waals surface area contributed by atoms with E-state index in [0.717, 1.165) is 6.26 Å². The standard InChI is InChI=1S/C10H7NO5/c1-15-8-3-2-6-7(12)4-5-16-10(6)9(8)11(13)14/h2-5H,1H3. The van der Waals surface area contributed by atoms with E-state index in [1.54, 1.807) is 0 Å². The fourth-order valence-corrected chi connectivity index (χ4v) is 1.46. The Morgan fingerprint density at radius 1 is 1.38 bits per heavy atom. The molecule has 0 aliphatic heterocycles. The van der Waals surface area contributed by atoms with Gasteiger partial charge in [0.2, 0.25) is 11.3 Å². The lowest BCUT2D eigenvalue weighted by molar-refractivity contribution is -0.384. The minimum absolute atomic E-state index is 0.0619. The first-order valence-corrected chi connectivity index (χ1v) is 4.38. The van der Waals surface area contributed by atoms with Crippen LogP contribution in [0.2, 0.25) is 0 Å². The summed E-state index contributed by atoms with van der Waals surface area (Å²) in [6, 6.07) is 4.02. The van der Waals surface area contributed by atoms with Crippen molar-refractivity contribution >= 4 is 16.7 Å². The zero-order valence-corrected chi connectivity index (χ0v) is 8.30. The van der Waals surface area contributed by atoms with E-state index < -0.39 is 4.92 Å². The van der Waals surface area contributed by atoms with Gasteiger partial charge in [-0.05, 0) is 12.1 Å². The Labute approximate surface area is 89.2 Å². The predicted molar refractivity (Wildman–Crippen MR) is 55.7 cm³/mol. The van der Waals surface area contributed by atoms with Crippen LogP contribution in [0.1, 0.15) is 0 Å². The number of rotatable bonds is 2. The summed E-state index contributed by atoms with van der Waals surface area (Å²) in [5, 5.41) is 11.0. The van der Waals surface area contributed by atoms with Gasteiger partial charge in [-0.25, -0.2) is 0 Å². The summed E-state index contributed by atoms with van der Waals surface area (Å²) in [4.78, 5) is 21.7. The van der Waals surface area contributed by atoms with Crippen molar-refractivity contribution in [2.75, 3.05) is 7.11 Å². The van der Waals surface area contributed by atoms with Crippen LogP contribution in [0.25, 0.3) is 11.0 Å². The van der Waals surface area contributed by atoms with Gasteiger partial charge in [0.15, 0.2) is 5.43 Å². The molecule has 0 spiro atoms. The van der Waals surface area contributed by atoms with E-state index in [1.165, 1.54) is 25.3 Å². The lowest BCUT2D eigenvalue weighted by Gasteiger charge is -2.02. The van der Waals surface area contributed by atoms with Crippen molar-refractivity contribution in [2.45, 2.75) is 0 Å². The molecule has 0 aliphatic rings. The van der Waals surface area contributed by atoms with E-state index in [0.29, 0.717) is 0 Å². The van der Waals surface area contributed by atoms with Crippen molar-refractivity contribution in [1.82, 2.24) is 0 Å². The summed E-state index contributed by atoms with van der Waals surface area (Å²) >= 11 is 0. The molecule has 0 aliphatic carbocycles. The molecule has 82 valence electrons. The molecule has 0 bridgehead atoms. The largest absolute Gasteiger partial charge is 0.490 e. The van der Waals surface area contributed by atoms with E-state index in [-0.39, 0.29) is 27.8 Å². The third-order valence-electron chi connectivity index (χ3n) is 2.17. The highest BCUT2D eigenvalue weighted by Gasteiger charge is 2.22. The topological polar surface area (TPSA) is 82.6 Å². The van der Waals surface area contributed by atoms with E-state index in [9.17, 15) is 14.9 Å². The molecular formula is C10H7NO5. The molecule has 2 rings (SSSR count). The average molecular weight is 221 g/mol. The molecule has 1 aromatic heterocycles. The highest BCUT2D eigenvalue weighted by Crippen LogP contribution is 2.33. The maximum absolute atomic E-state index is 11.4. The van der Waals surface area contributed by atoms with E-state index >= 15 is 0 Å². The van der Waals surface area contributed by atoms with Gasteiger partial charge in [0, 0.05) is 6.07 Å². The highest BCUT2D eigenvalue weighted by atomic mass is 16.6. The van der Waals surface area contributed by atoms with Gasteiger partial charge in [-0.1, -0.05) is 0 Å². The molecule has 1 heterocycles. The molecule has 16 heavy (non-hydrogen) atoms. The van der Waals surface area contributed by atoms with Crippen LogP contribution in [-0.4, -0.2) is 12.0 Å². The van der Waals surface area contributed by atoms with Gasteiger partial charge in [-0.3, -0.25) is 14.9 Å². The van der Waals surface area contributed by atoms with Crippen LogP contribution in [0.3, 0.4) is 0 Å². The summed E-state index contributed by atoms with van der Waals surface area (Å²) in [6.07, 6.45) is 1.12. The summed E-state index contributed by atoms with van der Waals surface area (Å²) < 4.78 is 9.86. The number of nitro benzene ring substituents is 1. The quantitative estimate of drug-likeness (QED) is 0.569. The van der Waals surface area contributed by atoms with Crippen LogP contribution in [0.5, 0.6) is 5.75 Å². The van der Waals surface area contributed by atoms with Gasteiger partial charge in [0.05, 0.1) is 23.7 Å². The number of ether oxygens (including phenoxy) is 1. The molecule has 0 saturated carbocycles. The Bertz CT molecular complexity index is 616. The maximum atomic E-state index is 11.4. The van der Waals surface area contributed by atoms with Crippen molar-refractivity contribution in [2.24, 2.45) is 0 Å². The third-order valence-corrected chi connectivity index (χ3v) is 2.17. The first kappa shape index (κ1) is 10.2. The SMILES string of the molecule is COc1ccc2c(=O)ccoc2c1[N+](=O)[O-]. The van der Waals surface area contributed by atoms with Crippen LogP contribution in [0, 0.1) is 10.1 Å². The fourth-order valence-electron chi connectivity index (χ4n) is 1.46. The monoisotopic (exact) mass is 221 g/mol. The molecule has 1 aromatic carbocycles. The molecule has 0 unspecified atom stereocenters. The fraction of sp³-hybridized carbons (Fsp3) is 0.100. The molecule has 6 nitrogen and oxygen atoms in total. The number of hydrogen-bond donors (Lipinski definition) is 0. The van der Waals surface area contributed by atoms with E-state index in [1.807, 2.05) is 0 Å². The summed E-state index contributed by atoms with van der Waals surface area (Å²) in [5.74, 6) is 0.0619. The van der Waals surface area contributed by atoms with Crippen LogP contribution < -0.4 is 10.2 Å². The number of benzene rings is 1. The first-order valence-electron chi connectivity index (χ1n) is 4.38. The van der Waals surface area contributed by atoms with Crippen molar-refractivity contribution in [3.05, 3.63) is 44.8 Å². The van der Waals surface area contributed by atoms with Gasteiger partial charge in [0.1, 0.15) is 0 Å². The van der Waals surface area contributed by atoms with Gasteiger partial charge >= 0.3 is 5.69 Å². The Balaban J connectivity index is 2.95. The van der Waals surface area contributed by atoms with Gasteiger partial charge in [-0.15, -0.1) is 0 Å². The molecule has 0 atom stereocenters. The van der Waals surface area contributed by atoms with Crippen molar-refractivity contribution < 1.29 is 14.1 Å². The third kappa shape index (κ3) is 1.40. The normalized spacial score (nSPS) is 10.3. The molecule has 2 aromatic rings. The molecule has 0 fully saturated rings. The van der Waals surface area contributed by atoms with Crippen LogP contribution in [0.15, 0.2) is 33.7 Å². The number of nitrogens with zero attached hydrogens (tertiary/aromatic N) is 1. The average Bonchev–Trinajstić information content (AvgIpc) is 2.27. The molecule has 0 N–H and O–H groups in total. The smallest absolute Gasteiger partial charge is 0.353 e. The van der Waals surface area contributed by atoms with Crippen LogP contribution >= 0.6 is 0 Å². The van der Waals surface area contributed by atoms with Crippen LogP contribution in [0.4, 0.5) is 5.69 Å². The Kier molecular flexibility index (Phi) is 2.32. The van der Waals surface area contributed by atoms with E-state index in [4.69, 9.17) is 9.15 Å². The van der Waals surface area contributed by atoms with E-state index in [2.05, 4.69) is 0 Å². The maximum Gasteiger partial charge on any atom is 0.353 e. The predicted octanol–water partition coefficient (Wildman–Crippen LogP) is 1.71. The van der Waals surface area contributed by atoms with Crippen molar-refractivity contribution in [3.63, 3.8) is 0 Å². The highest BCUT2D eigenvalue weighted by molar-refractivity contribution is 5.88. The second kappa shape index (κ2) is 3.65. The molecule has 0 amide bonds. The molecule has 0 radical (unpaired) electrons. The number of fused-ring (bicyclic) bond motifs is 1. The number of nitro groups is 1. The van der Waals surface area contributed by atoms with Crippen molar-refractivity contribution in [1.29, 1.82) is 0 Å². The van der Waals surface area contributed by atoms with Crippen LogP contribution in [-0.2, 0) is 0 Å². The number of hydrogen-bond acceptors (Lipinski definition) is 5. The minimum atomic E-state index is -0.635. The van der Waals surface area contributed by atoms with Gasteiger partial charge < -0.3 is 9.15 Å². The molecule has 0 saturated heterocycles. The second-order valence-corrected chi connectivity index (χ2v) is 3.04. The lowest BCUT2D eigenvalue weighted by Crippen LogP contribution is -2.01. The molecular weight excluding hydrogens is 214 g/mol. The number of methoxy groups -OCH3 is 1. The summed E-state index contributed by atoms with van der Waals surface area (Å²) in [7, 11) is 1.31. The molecule has 6 heteroatoms. The Hall–Kier alpha value is -2.37. The zero-order chi connectivity index (χ0) is 11.7. The lowest BCUT2D eigenvalue weighted by atomic mass is 10.2. The van der Waals surface area contributed by atoms with Crippen molar-refractivity contribution in [3.8, 4) is 5.75 Å². The van der Waals surface area contributed by atoms with Gasteiger partial charge in [0.25, 0.3) is 0 Å². The second-order valence-electron chi connectivity index (χ2n) is 3.04.